The lowest BCUT2D eigenvalue weighted by molar-refractivity contribution is -0.155. The van der Waals surface area contributed by atoms with E-state index in [1.807, 2.05) is 109 Å². The Labute approximate surface area is 752 Å². The van der Waals surface area contributed by atoms with Crippen molar-refractivity contribution in [3.8, 4) is 22.5 Å². The van der Waals surface area contributed by atoms with Crippen LogP contribution in [-0.2, 0) is 55.9 Å². The van der Waals surface area contributed by atoms with Crippen LogP contribution in [0.2, 0.25) is 0 Å². The second-order valence-electron chi connectivity index (χ2n) is 39.0. The minimum atomic E-state index is -0.960. The standard InChI is InChI=1S/C49H61N9O6.C30H42N6O2.C19H19N3O5/c1-30-26-56(42-24-35(12-17-50-42)45-39-22-34(6-9-40(39)52-53-45)23-44(60)64-49(3,4)5)27-31(2)57(30)29-33-13-18-54(19-14-33)28-32-15-20-55(21-16-32)36-7-8-37-38(25-36)48(63)58(47(37)62)41-10-11-43(59)51-46(41)61;1-20-17-35(18-21(2)36(20)19-22-8-11-31-12-9-22)27-16-24(10-13-32-27)29-25-14-23(6-7-26(25)33-34-29)15-28(37)38-30(3,4)5;23-10-11-5-7-21(8-6-11)12-1-2-13-14(9-12)19(27)22(18(13)26)15-3-4-16(24)20-17(15)25/h6-9,12,17,22,24-25,30-33,41H,10-11,13-16,18-21,23,26-29H2,1-5H3,(H,52,53)(H,51,59,61);6-7,10,13-14,16,20-22,31H,8-9,11-12,15,17-19H2,1-5H3,(H,33,34);1-2,9-11,15H,3-8H2,(H,20,24,25)/t30-,31+,41?;20-,21+;. The van der Waals surface area contributed by atoms with E-state index in [4.69, 9.17) is 19.4 Å². The number of ether oxygens (including phenoxy) is 2. The molecule has 8 saturated heterocycles. The van der Waals surface area contributed by atoms with Crippen molar-refractivity contribution in [2.75, 3.05) is 118 Å². The monoisotopic (exact) mass is 1760 g/mol. The van der Waals surface area contributed by atoms with E-state index in [0.29, 0.717) is 60.2 Å². The van der Waals surface area contributed by atoms with Gasteiger partial charge in [-0.1, -0.05) is 12.1 Å². The molecule has 0 saturated carbocycles. The molecule has 8 fully saturated rings. The maximum absolute atomic E-state index is 13.4. The minimum Gasteiger partial charge on any atom is -0.460 e. The van der Waals surface area contributed by atoms with Crippen molar-refractivity contribution in [1.82, 2.24) is 70.8 Å². The van der Waals surface area contributed by atoms with Gasteiger partial charge in [0.15, 0.2) is 0 Å². The zero-order chi connectivity index (χ0) is 90.9. The van der Waals surface area contributed by atoms with Crippen LogP contribution in [0.5, 0.6) is 0 Å². The Bertz CT molecular complexity index is 5540. The number of imide groups is 4. The summed E-state index contributed by atoms with van der Waals surface area (Å²) in [6.45, 7) is 35.6. The molecule has 682 valence electrons. The molecule has 8 aromatic rings. The van der Waals surface area contributed by atoms with Crippen LogP contribution in [0.1, 0.15) is 199 Å². The van der Waals surface area contributed by atoms with E-state index in [2.05, 4.69) is 110 Å². The van der Waals surface area contributed by atoms with Gasteiger partial charge in [0.1, 0.15) is 52.6 Å². The summed E-state index contributed by atoms with van der Waals surface area (Å²) in [4.78, 5) is 164. The van der Waals surface area contributed by atoms with Crippen LogP contribution >= 0.6 is 0 Å². The number of rotatable bonds is 19. The van der Waals surface area contributed by atoms with Gasteiger partial charge in [0.2, 0.25) is 23.6 Å². The molecule has 14 heterocycles. The first-order chi connectivity index (χ1) is 61.8. The number of nitrogens with one attached hydrogen (secondary N) is 5. The number of fused-ring (bicyclic) bond motifs is 4. The van der Waals surface area contributed by atoms with Gasteiger partial charge in [-0.3, -0.25) is 88.4 Å². The first-order valence-corrected chi connectivity index (χ1v) is 46.2. The maximum atomic E-state index is 13.4. The lowest BCUT2D eigenvalue weighted by atomic mass is 9.91. The van der Waals surface area contributed by atoms with Gasteiger partial charge >= 0.3 is 11.9 Å². The molecule has 10 aliphatic rings. The van der Waals surface area contributed by atoms with E-state index in [1.165, 1.54) is 32.2 Å². The Morgan fingerprint density at radius 2 is 0.837 bits per heavy atom. The summed E-state index contributed by atoms with van der Waals surface area (Å²) < 4.78 is 11.1. The summed E-state index contributed by atoms with van der Waals surface area (Å²) in [6.07, 6.45) is 14.3. The van der Waals surface area contributed by atoms with Crippen molar-refractivity contribution in [3.63, 3.8) is 0 Å². The highest BCUT2D eigenvalue weighted by atomic mass is 16.6. The van der Waals surface area contributed by atoms with E-state index in [1.54, 1.807) is 30.3 Å². The fourth-order valence-corrected chi connectivity index (χ4v) is 20.5. The van der Waals surface area contributed by atoms with Gasteiger partial charge in [-0.25, -0.2) is 9.97 Å². The molecule has 2 unspecified atom stereocenters. The molecule has 8 amide bonds. The van der Waals surface area contributed by atoms with E-state index in [0.717, 1.165) is 205 Å². The number of pyridine rings is 2. The lowest BCUT2D eigenvalue weighted by Crippen LogP contribution is -2.58. The summed E-state index contributed by atoms with van der Waals surface area (Å²) in [5.41, 5.74) is 9.32. The topological polar surface area (TPSA) is 355 Å². The first kappa shape index (κ1) is 90.7. The molecule has 0 bridgehead atoms. The highest BCUT2D eigenvalue weighted by molar-refractivity contribution is 6.25. The zero-order valence-electron chi connectivity index (χ0n) is 75.9. The van der Waals surface area contributed by atoms with E-state index in [9.17, 15) is 52.7 Å². The number of carbonyl (C=O) groups excluding carboxylic acids is 11. The van der Waals surface area contributed by atoms with Crippen LogP contribution in [0.3, 0.4) is 0 Å². The van der Waals surface area contributed by atoms with E-state index in [-0.39, 0.29) is 73.4 Å². The van der Waals surface area contributed by atoms with Gasteiger partial charge in [0, 0.05) is 161 Å². The second-order valence-corrected chi connectivity index (χ2v) is 39.0. The Morgan fingerprint density at radius 1 is 0.442 bits per heavy atom. The highest BCUT2D eigenvalue weighted by Gasteiger charge is 2.48. The SMILES string of the molecule is C[C@@H]1CN(c2cc(-c3n[nH]c4ccc(CC(=O)OC(C)(C)C)cc34)ccn2)C[C@H](C)N1CC1CCN(CC2CCN(c3ccc4c(c3)C(=O)N(C3CCC(=O)NC3=O)C4=O)CC2)CC1.C[C@@H]1CN(c2cc(-c3n[nH]c4ccc(CC(=O)OC(C)(C)C)cc34)ccn2)C[C@H](C)N1CC1CCNCC1.O=CC1CCN(c2ccc3c(c2)C(=O)N(C2CCC(=O)NC2=O)C3=O)CC1. The van der Waals surface area contributed by atoms with Gasteiger partial charge < -0.3 is 44.1 Å². The van der Waals surface area contributed by atoms with Crippen LogP contribution < -0.4 is 35.6 Å². The molecule has 4 aromatic heterocycles. The van der Waals surface area contributed by atoms with E-state index < -0.39 is 64.6 Å². The normalized spacial score (nSPS) is 22.8. The third-order valence-corrected chi connectivity index (χ3v) is 27.2. The fraction of sp³-hybridized carbons (Fsp3) is 0.520. The van der Waals surface area contributed by atoms with Crippen molar-refractivity contribution in [3.05, 3.63) is 143 Å². The molecule has 0 spiro atoms. The molecule has 0 aliphatic carbocycles. The number of benzene rings is 4. The minimum absolute atomic E-state index is 0.0712. The molecule has 18 rings (SSSR count). The molecule has 6 atom stereocenters. The zero-order valence-corrected chi connectivity index (χ0v) is 75.9. The van der Waals surface area contributed by atoms with Crippen LogP contribution in [0.4, 0.5) is 23.0 Å². The number of carbonyl (C=O) groups is 11. The lowest BCUT2D eigenvalue weighted by Gasteiger charge is -2.47. The van der Waals surface area contributed by atoms with Gasteiger partial charge in [-0.05, 0) is 273 Å². The quantitative estimate of drug-likeness (QED) is 0.0285. The number of esters is 2. The molecular weight excluding hydrogens is 1640 g/mol. The number of aldehydes is 1. The number of piperidine rings is 6. The number of amides is 8. The van der Waals surface area contributed by atoms with Crippen LogP contribution in [0.15, 0.2) is 109 Å². The van der Waals surface area contributed by atoms with Crippen molar-refractivity contribution >= 4 is 110 Å². The molecule has 129 heavy (non-hydrogen) atoms. The van der Waals surface area contributed by atoms with Crippen molar-refractivity contribution < 1.29 is 62.2 Å². The van der Waals surface area contributed by atoms with Crippen LogP contribution in [-0.4, -0.2) is 266 Å². The Hall–Kier alpha value is -11.7. The van der Waals surface area contributed by atoms with Crippen molar-refractivity contribution in [1.29, 1.82) is 0 Å². The summed E-state index contributed by atoms with van der Waals surface area (Å²) >= 11 is 0. The Kier molecular flexibility index (Phi) is 27.1. The fourth-order valence-electron chi connectivity index (χ4n) is 20.5. The molecule has 5 N–H and O–H groups in total. The number of piperazine rings is 2. The average molecular weight is 1760 g/mol. The Morgan fingerprint density at radius 3 is 1.25 bits per heavy atom. The van der Waals surface area contributed by atoms with Gasteiger partial charge in [0.25, 0.3) is 23.6 Å². The third kappa shape index (κ3) is 20.8. The van der Waals surface area contributed by atoms with Gasteiger partial charge in [-0.15, -0.1) is 0 Å². The van der Waals surface area contributed by atoms with E-state index >= 15 is 0 Å². The number of aromatic nitrogens is 6. The summed E-state index contributed by atoms with van der Waals surface area (Å²) in [5, 5.41) is 25.5. The molecule has 31 nitrogen and oxygen atoms in total. The molecule has 10 aliphatic heterocycles. The van der Waals surface area contributed by atoms with Gasteiger partial charge in [-0.2, -0.15) is 10.2 Å². The molecule has 0 radical (unpaired) electrons. The Balaban J connectivity index is 0.000000158. The maximum Gasteiger partial charge on any atom is 0.310 e. The van der Waals surface area contributed by atoms with Crippen molar-refractivity contribution in [2.45, 2.75) is 207 Å². The smallest absolute Gasteiger partial charge is 0.310 e. The van der Waals surface area contributed by atoms with Gasteiger partial charge in [0.05, 0.1) is 46.1 Å². The van der Waals surface area contributed by atoms with Crippen LogP contribution in [0, 0.1) is 23.7 Å². The number of anilines is 4. The summed E-state index contributed by atoms with van der Waals surface area (Å²) in [7, 11) is 0. The molecular formula is C98H122N18O13. The molecule has 31 heteroatoms. The predicted octanol–water partition coefficient (Wildman–Crippen LogP) is 10.3. The third-order valence-electron chi connectivity index (χ3n) is 27.2. The second kappa shape index (κ2) is 38.6. The number of aromatic amines is 2. The average Bonchev–Trinajstić information content (AvgIpc) is 1.61. The number of nitrogens with zero attached hydrogens (tertiary/aromatic N) is 13. The van der Waals surface area contributed by atoms with Crippen molar-refractivity contribution in [2.24, 2.45) is 23.7 Å². The summed E-state index contributed by atoms with van der Waals surface area (Å²) in [5.74, 6) is -0.310. The summed E-state index contributed by atoms with van der Waals surface area (Å²) in [6, 6.07) is 30.6. The number of likely N-dealkylation sites (tertiary alicyclic amines) is 1. The largest absolute Gasteiger partial charge is 0.460 e. The number of H-pyrrole nitrogens is 2. The number of hydrogen-bond acceptors (Lipinski definition) is 25. The first-order valence-electron chi connectivity index (χ1n) is 46.2. The molecule has 4 aromatic carbocycles. The predicted molar refractivity (Wildman–Crippen MR) is 490 cm³/mol. The highest BCUT2D eigenvalue weighted by Crippen LogP contribution is 2.39. The number of hydrogen-bond donors (Lipinski definition) is 5. The van der Waals surface area contributed by atoms with Crippen LogP contribution in [0.25, 0.3) is 44.3 Å².